The number of carbonyl (C=O) groups excluding carboxylic acids is 2. The molecular weight excluding hydrogens is 400 g/mol. The molecule has 5 heteroatoms. The largest absolute Gasteiger partial charge is 0.352 e. The van der Waals surface area contributed by atoms with E-state index in [1.165, 1.54) is 0 Å². The Kier molecular flexibility index (Phi) is 6.37. The summed E-state index contributed by atoms with van der Waals surface area (Å²) in [7, 11) is 0. The number of ether oxygens (including phenoxy) is 2. The Balaban J connectivity index is 1.50. The SMILES string of the molecule is Cc1ccc(-c2ccc(Cl)cc2)cc1C1C(=O)CC(CC2OCC(C)CO2)CC1=O. The first-order valence-electron chi connectivity index (χ1n) is 10.6. The molecule has 2 aliphatic rings. The topological polar surface area (TPSA) is 52.6 Å². The number of halogens is 1. The average molecular weight is 427 g/mol. The highest BCUT2D eigenvalue weighted by atomic mass is 35.5. The van der Waals surface area contributed by atoms with Gasteiger partial charge in [0.2, 0.25) is 0 Å². The van der Waals surface area contributed by atoms with Crippen molar-refractivity contribution in [1.29, 1.82) is 0 Å². The van der Waals surface area contributed by atoms with E-state index in [9.17, 15) is 9.59 Å². The second-order valence-corrected chi connectivity index (χ2v) is 9.09. The number of carbonyl (C=O) groups is 2. The first-order chi connectivity index (χ1) is 14.4. The molecule has 2 aromatic carbocycles. The van der Waals surface area contributed by atoms with E-state index in [1.54, 1.807) is 0 Å². The number of hydrogen-bond donors (Lipinski definition) is 0. The molecule has 0 amide bonds. The van der Waals surface area contributed by atoms with Gasteiger partial charge in [-0.15, -0.1) is 0 Å². The fraction of sp³-hybridized carbons (Fsp3) is 0.440. The molecule has 158 valence electrons. The predicted molar refractivity (Wildman–Crippen MR) is 117 cm³/mol. The third kappa shape index (κ3) is 4.66. The summed E-state index contributed by atoms with van der Waals surface area (Å²) >= 11 is 6.00. The molecule has 0 spiro atoms. The van der Waals surface area contributed by atoms with Crippen molar-refractivity contribution in [3.8, 4) is 11.1 Å². The summed E-state index contributed by atoms with van der Waals surface area (Å²) in [6, 6.07) is 13.6. The minimum Gasteiger partial charge on any atom is -0.352 e. The van der Waals surface area contributed by atoms with Crippen LogP contribution in [0.3, 0.4) is 0 Å². The van der Waals surface area contributed by atoms with E-state index in [0.29, 0.717) is 43.4 Å². The molecule has 0 atom stereocenters. The molecule has 2 aromatic rings. The van der Waals surface area contributed by atoms with Crippen molar-refractivity contribution >= 4 is 23.2 Å². The highest BCUT2D eigenvalue weighted by molar-refractivity contribution is 6.30. The summed E-state index contributed by atoms with van der Waals surface area (Å²) in [5, 5.41) is 0.676. The van der Waals surface area contributed by atoms with Crippen LogP contribution in [0, 0.1) is 18.8 Å². The van der Waals surface area contributed by atoms with Crippen LogP contribution in [0.15, 0.2) is 42.5 Å². The minimum absolute atomic E-state index is 0.00298. The number of Topliss-reactive ketones (excluding diaryl/α,β-unsaturated/α-hetero) is 2. The highest BCUT2D eigenvalue weighted by Gasteiger charge is 2.38. The van der Waals surface area contributed by atoms with E-state index in [-0.39, 0.29) is 23.8 Å². The van der Waals surface area contributed by atoms with Gasteiger partial charge in [0, 0.05) is 30.2 Å². The number of hydrogen-bond acceptors (Lipinski definition) is 4. The zero-order valence-corrected chi connectivity index (χ0v) is 18.2. The number of benzene rings is 2. The van der Waals surface area contributed by atoms with Crippen LogP contribution in [0.2, 0.25) is 5.02 Å². The first-order valence-corrected chi connectivity index (χ1v) is 10.9. The summed E-state index contributed by atoms with van der Waals surface area (Å²) in [5.41, 5.74) is 3.77. The van der Waals surface area contributed by atoms with Crippen molar-refractivity contribution < 1.29 is 19.1 Å². The molecule has 4 rings (SSSR count). The number of rotatable bonds is 4. The second kappa shape index (κ2) is 9.01. The van der Waals surface area contributed by atoms with E-state index in [0.717, 1.165) is 22.3 Å². The van der Waals surface area contributed by atoms with Crippen molar-refractivity contribution in [3.05, 3.63) is 58.6 Å². The van der Waals surface area contributed by atoms with E-state index in [1.807, 2.05) is 49.4 Å². The van der Waals surface area contributed by atoms with Gasteiger partial charge >= 0.3 is 0 Å². The van der Waals surface area contributed by atoms with Crippen LogP contribution in [0.1, 0.15) is 43.2 Å². The van der Waals surface area contributed by atoms with Gasteiger partial charge in [0.05, 0.1) is 13.2 Å². The molecule has 1 aliphatic carbocycles. The van der Waals surface area contributed by atoms with E-state index < -0.39 is 5.92 Å². The van der Waals surface area contributed by atoms with Gasteiger partial charge < -0.3 is 9.47 Å². The van der Waals surface area contributed by atoms with Crippen molar-refractivity contribution in [2.75, 3.05) is 13.2 Å². The Morgan fingerprint density at radius 1 is 0.933 bits per heavy atom. The zero-order chi connectivity index (χ0) is 21.3. The molecule has 30 heavy (non-hydrogen) atoms. The minimum atomic E-state index is -0.679. The third-order valence-electron chi connectivity index (χ3n) is 6.05. The van der Waals surface area contributed by atoms with E-state index >= 15 is 0 Å². The molecular formula is C25H27ClO4. The van der Waals surface area contributed by atoms with Crippen molar-refractivity contribution in [2.24, 2.45) is 11.8 Å². The van der Waals surface area contributed by atoms with E-state index in [2.05, 4.69) is 6.92 Å². The van der Waals surface area contributed by atoms with Crippen LogP contribution in [0.5, 0.6) is 0 Å². The van der Waals surface area contributed by atoms with Crippen LogP contribution in [-0.2, 0) is 19.1 Å². The van der Waals surface area contributed by atoms with Crippen molar-refractivity contribution in [2.45, 2.75) is 45.3 Å². The maximum Gasteiger partial charge on any atom is 0.157 e. The van der Waals surface area contributed by atoms with Gasteiger partial charge in [-0.2, -0.15) is 0 Å². The lowest BCUT2D eigenvalue weighted by Gasteiger charge is -2.32. The molecule has 1 heterocycles. The van der Waals surface area contributed by atoms with Crippen LogP contribution < -0.4 is 0 Å². The summed E-state index contributed by atoms with van der Waals surface area (Å²) in [4.78, 5) is 26.1. The molecule has 0 unspecified atom stereocenters. The molecule has 1 saturated heterocycles. The van der Waals surface area contributed by atoms with Crippen molar-refractivity contribution in [1.82, 2.24) is 0 Å². The van der Waals surface area contributed by atoms with Crippen LogP contribution in [-0.4, -0.2) is 31.1 Å². The average Bonchev–Trinajstić information content (AvgIpc) is 2.71. The summed E-state index contributed by atoms with van der Waals surface area (Å²) in [6.07, 6.45) is 1.07. The molecule has 2 fully saturated rings. The van der Waals surface area contributed by atoms with Gasteiger partial charge in [-0.3, -0.25) is 9.59 Å². The van der Waals surface area contributed by atoms with Crippen molar-refractivity contribution in [3.63, 3.8) is 0 Å². The van der Waals surface area contributed by atoms with Gasteiger partial charge in [0.1, 0.15) is 17.5 Å². The molecule has 0 aromatic heterocycles. The molecule has 0 N–H and O–H groups in total. The number of ketones is 2. The van der Waals surface area contributed by atoms with Gasteiger partial charge in [-0.05, 0) is 53.3 Å². The van der Waals surface area contributed by atoms with Gasteiger partial charge in [0.25, 0.3) is 0 Å². The Bertz CT molecular complexity index is 911. The van der Waals surface area contributed by atoms with Crippen LogP contribution in [0.25, 0.3) is 11.1 Å². The Labute approximate surface area is 182 Å². The smallest absolute Gasteiger partial charge is 0.157 e. The standard InChI is InChI=1S/C25H27ClO4/c1-15-13-29-24(30-14-15)11-17-9-22(27)25(23(28)10-17)21-12-19(4-3-16(21)2)18-5-7-20(26)8-6-18/h3-8,12,15,17,24-25H,9-11,13-14H2,1-2H3. The lowest BCUT2D eigenvalue weighted by atomic mass is 9.74. The first kappa shape index (κ1) is 21.2. The molecule has 1 saturated carbocycles. The van der Waals surface area contributed by atoms with Crippen LogP contribution >= 0.6 is 11.6 Å². The Hall–Kier alpha value is -2.01. The molecule has 1 aliphatic heterocycles. The predicted octanol–water partition coefficient (Wildman–Crippen LogP) is 5.35. The van der Waals surface area contributed by atoms with Gasteiger partial charge in [-0.25, -0.2) is 0 Å². The molecule has 0 radical (unpaired) electrons. The number of aryl methyl sites for hydroxylation is 1. The summed E-state index contributed by atoms with van der Waals surface area (Å²) in [6.45, 7) is 5.37. The lowest BCUT2D eigenvalue weighted by molar-refractivity contribution is -0.205. The second-order valence-electron chi connectivity index (χ2n) is 8.66. The monoisotopic (exact) mass is 426 g/mol. The summed E-state index contributed by atoms with van der Waals surface area (Å²) in [5.74, 6) is -0.314. The summed E-state index contributed by atoms with van der Waals surface area (Å²) < 4.78 is 11.4. The van der Waals surface area contributed by atoms with Gasteiger partial charge in [0.15, 0.2) is 6.29 Å². The fourth-order valence-corrected chi connectivity index (χ4v) is 4.52. The zero-order valence-electron chi connectivity index (χ0n) is 17.4. The maximum atomic E-state index is 13.0. The van der Waals surface area contributed by atoms with E-state index in [4.69, 9.17) is 21.1 Å². The van der Waals surface area contributed by atoms with Gasteiger partial charge in [-0.1, -0.05) is 42.8 Å². The molecule has 4 nitrogen and oxygen atoms in total. The normalized spacial score (nSPS) is 27.3. The molecule has 0 bridgehead atoms. The quantitative estimate of drug-likeness (QED) is 0.618. The lowest BCUT2D eigenvalue weighted by Crippen LogP contribution is -2.37. The maximum absolute atomic E-state index is 13.0. The fourth-order valence-electron chi connectivity index (χ4n) is 4.39. The van der Waals surface area contributed by atoms with Crippen LogP contribution in [0.4, 0.5) is 0 Å². The Morgan fingerprint density at radius 3 is 2.17 bits per heavy atom. The highest BCUT2D eigenvalue weighted by Crippen LogP contribution is 2.36. The third-order valence-corrected chi connectivity index (χ3v) is 6.30. The Morgan fingerprint density at radius 2 is 1.53 bits per heavy atom.